The number of halogens is 1. The predicted octanol–water partition coefficient (Wildman–Crippen LogP) is 4.89. The van der Waals surface area contributed by atoms with Crippen molar-refractivity contribution >= 4 is 50.4 Å². The first-order valence-corrected chi connectivity index (χ1v) is 30.7. The van der Waals surface area contributed by atoms with E-state index in [2.05, 4.69) is 0 Å². The third kappa shape index (κ3) is 16.5. The van der Waals surface area contributed by atoms with Gasteiger partial charge in [0.25, 0.3) is 10.1 Å². The fourth-order valence-electron chi connectivity index (χ4n) is 9.24. The minimum absolute atomic E-state index is 0. The molecule has 70 heavy (non-hydrogen) atoms. The van der Waals surface area contributed by atoms with Crippen molar-refractivity contribution in [3.8, 4) is 0 Å². The van der Waals surface area contributed by atoms with Crippen LogP contribution in [-0.4, -0.2) is 125 Å². The van der Waals surface area contributed by atoms with Crippen molar-refractivity contribution in [1.29, 1.82) is 0 Å². The molecule has 4 atom stereocenters. The van der Waals surface area contributed by atoms with Gasteiger partial charge < -0.3 is 46.3 Å². The zero-order valence-electron chi connectivity index (χ0n) is 42.8. The molecule has 0 aromatic heterocycles. The molecule has 8 fully saturated rings. The SMILES string of the molecule is CC1(C)OC[C@H](CC2(S(=O)(=O)Cc3ccccc3)CC2)O1.CC1(C)OC[C@H](CC2(S(=O)(=O)Cl)CC2)O1.CC1(C)OC[C@H](CC2([S-](=O)=O)CC2)O1.CCCCOS(=O)(=O)C1(C[C@H]2COC(C)(C)O2)CC1.[Na+]. The summed E-state index contributed by atoms with van der Waals surface area (Å²) in [5.41, 5.74) is 0.854. The number of hydrogen-bond acceptors (Lipinski definition) is 18. The van der Waals surface area contributed by atoms with E-state index in [0.29, 0.717) is 77.8 Å². The van der Waals surface area contributed by atoms with Gasteiger partial charge in [0.1, 0.15) is 4.75 Å². The molecule has 0 radical (unpaired) electrons. The monoisotopic (exact) mass is 1100 g/mol. The summed E-state index contributed by atoms with van der Waals surface area (Å²) >= 11 is 0. The Hall–Kier alpha value is -0.0500. The molecule has 23 heteroatoms. The Morgan fingerprint density at radius 1 is 0.571 bits per heavy atom. The molecule has 398 valence electrons. The van der Waals surface area contributed by atoms with Crippen LogP contribution in [-0.2, 0) is 96.0 Å². The second-order valence-corrected chi connectivity index (χ2v) is 30.6. The fourth-order valence-corrected chi connectivity index (χ4v) is 15.3. The number of unbranched alkanes of at least 4 members (excludes halogenated alkanes) is 1. The summed E-state index contributed by atoms with van der Waals surface area (Å²) in [7, 11) is -6.68. The minimum atomic E-state index is -3.48. The molecule has 4 aliphatic heterocycles. The number of benzene rings is 1. The van der Waals surface area contributed by atoms with Crippen molar-refractivity contribution in [2.24, 2.45) is 0 Å². The van der Waals surface area contributed by atoms with Crippen LogP contribution < -0.4 is 29.6 Å². The summed E-state index contributed by atoms with van der Waals surface area (Å²) in [6, 6.07) is 9.38. The van der Waals surface area contributed by atoms with Gasteiger partial charge in [0, 0.05) is 10.7 Å². The molecular weight excluding hydrogens is 1020 g/mol. The average Bonchev–Trinajstić information content (AvgIpc) is 4.11. The first-order valence-electron chi connectivity index (χ1n) is 24.3. The van der Waals surface area contributed by atoms with Crippen LogP contribution in [0.2, 0.25) is 0 Å². The first kappa shape index (κ1) is 60.8. The van der Waals surface area contributed by atoms with Crippen LogP contribution in [0.15, 0.2) is 30.3 Å². The van der Waals surface area contributed by atoms with Gasteiger partial charge in [-0.1, -0.05) is 67.2 Å². The Kier molecular flexibility index (Phi) is 19.9. The Balaban J connectivity index is 0.000000175. The van der Waals surface area contributed by atoms with Gasteiger partial charge >= 0.3 is 29.6 Å². The first-order chi connectivity index (χ1) is 31.8. The van der Waals surface area contributed by atoms with E-state index >= 15 is 0 Å². The standard InChI is InChI=1S/C16H22O4S.C13H24O5S.C9H15ClO4S.C9H15O4S.Na/c1-15(2)19-11-14(20-15)10-16(8-9-16)21(17,18)12-13-6-4-3-5-7-13;1-4-5-8-17-19(14,15)13(6-7-13)9-11-10-16-12(2,3)18-11;1-8(2)13-6-7(14-8)5-9(3-4-9)15(10,11)12;1-8(2)12-6-7(13-8)5-9(3-4-9)14(10)11;/h3-7,14H,8-12H2,1-2H3;11H,4-10H2,1-3H3;7H,3-6H2,1-2H3;7H,3-6H2,1-2H3;/q;;;-1;+1/t14-;11-;2*7-;/m0000./s1. The second-order valence-electron chi connectivity index (χ2n) is 21.9. The van der Waals surface area contributed by atoms with Crippen molar-refractivity contribution in [2.75, 3.05) is 33.0 Å². The van der Waals surface area contributed by atoms with Crippen LogP contribution in [0, 0.1) is 0 Å². The van der Waals surface area contributed by atoms with Gasteiger partial charge in [0.15, 0.2) is 33.0 Å². The molecule has 8 aliphatic rings. The maximum atomic E-state index is 12.7. The van der Waals surface area contributed by atoms with E-state index in [4.69, 9.17) is 52.8 Å². The van der Waals surface area contributed by atoms with Crippen LogP contribution in [0.25, 0.3) is 0 Å². The maximum Gasteiger partial charge on any atom is 1.00 e. The molecule has 4 saturated heterocycles. The summed E-state index contributed by atoms with van der Waals surface area (Å²) in [6.45, 7) is 18.9. The van der Waals surface area contributed by atoms with Gasteiger partial charge in [0.2, 0.25) is 9.05 Å². The zero-order valence-corrected chi connectivity index (χ0v) is 48.8. The van der Waals surface area contributed by atoms with Crippen molar-refractivity contribution in [1.82, 2.24) is 0 Å². The van der Waals surface area contributed by atoms with E-state index in [0.717, 1.165) is 44.1 Å². The summed E-state index contributed by atoms with van der Waals surface area (Å²) < 4.78 is 141. The Morgan fingerprint density at radius 2 is 0.943 bits per heavy atom. The number of ether oxygens (including phenoxy) is 8. The molecule has 0 N–H and O–H groups in total. The molecule has 0 bridgehead atoms. The molecule has 17 nitrogen and oxygen atoms in total. The van der Waals surface area contributed by atoms with Gasteiger partial charge in [-0.2, -0.15) is 8.42 Å². The van der Waals surface area contributed by atoms with E-state index in [9.17, 15) is 33.7 Å². The second kappa shape index (κ2) is 22.9. The van der Waals surface area contributed by atoms with Crippen LogP contribution in [0.5, 0.6) is 0 Å². The molecule has 4 saturated carbocycles. The molecule has 9 rings (SSSR count). The number of sulfone groups is 1. The summed E-state index contributed by atoms with van der Waals surface area (Å²) in [5.74, 6) is -2.23. The molecular formula is C47H76ClNaO17S4. The summed E-state index contributed by atoms with van der Waals surface area (Å²) in [6.07, 6.45) is 8.88. The van der Waals surface area contributed by atoms with Gasteiger partial charge in [0.05, 0.1) is 72.7 Å². The number of hydrogen-bond donors (Lipinski definition) is 0. The van der Waals surface area contributed by atoms with Gasteiger partial charge in [-0.15, -0.1) is 0 Å². The van der Waals surface area contributed by atoms with Crippen LogP contribution in [0.3, 0.4) is 0 Å². The van der Waals surface area contributed by atoms with Crippen molar-refractivity contribution < 1.29 is 105 Å². The van der Waals surface area contributed by atoms with Crippen molar-refractivity contribution in [3.05, 3.63) is 35.9 Å². The Labute approximate surface area is 445 Å². The van der Waals surface area contributed by atoms with E-state index in [-0.39, 0.29) is 66.3 Å². The van der Waals surface area contributed by atoms with E-state index in [1.165, 1.54) is 0 Å². The molecule has 0 spiro atoms. The van der Waals surface area contributed by atoms with E-state index in [1.54, 1.807) is 0 Å². The van der Waals surface area contributed by atoms with Crippen molar-refractivity contribution in [3.63, 3.8) is 0 Å². The summed E-state index contributed by atoms with van der Waals surface area (Å²) in [4.78, 5) is 0. The quantitative estimate of drug-likeness (QED) is 0.0628. The van der Waals surface area contributed by atoms with Crippen LogP contribution >= 0.6 is 10.7 Å². The topological polar surface area (TPSA) is 220 Å². The Bertz CT molecular complexity index is 2320. The number of rotatable bonds is 18. The van der Waals surface area contributed by atoms with Gasteiger partial charge in [-0.25, -0.2) is 16.8 Å². The normalized spacial score (nSPS) is 29.5. The maximum absolute atomic E-state index is 12.7. The van der Waals surface area contributed by atoms with Crippen molar-refractivity contribution in [2.45, 2.75) is 225 Å². The predicted molar refractivity (Wildman–Crippen MR) is 258 cm³/mol. The van der Waals surface area contributed by atoms with Crippen LogP contribution in [0.4, 0.5) is 0 Å². The summed E-state index contributed by atoms with van der Waals surface area (Å²) in [5, 5.41) is 0. The van der Waals surface area contributed by atoms with Crippen LogP contribution in [0.1, 0.15) is 158 Å². The zero-order chi connectivity index (χ0) is 51.0. The largest absolute Gasteiger partial charge is 1.00 e. The fraction of sp³-hybridized carbons (Fsp3) is 0.872. The van der Waals surface area contributed by atoms with E-state index < -0.39 is 81.8 Å². The molecule has 0 unspecified atom stereocenters. The third-order valence-electron chi connectivity index (χ3n) is 13.9. The molecule has 1 aromatic rings. The molecule has 0 amide bonds. The molecule has 4 heterocycles. The minimum Gasteiger partial charge on any atom is -0.424 e. The van der Waals surface area contributed by atoms with E-state index in [1.807, 2.05) is 92.6 Å². The third-order valence-corrected chi connectivity index (χ3v) is 22.5. The Morgan fingerprint density at radius 3 is 1.26 bits per heavy atom. The van der Waals surface area contributed by atoms with Gasteiger partial charge in [-0.05, 0) is 136 Å². The van der Waals surface area contributed by atoms with Gasteiger partial charge in [-0.3, -0.25) is 4.18 Å². The molecule has 1 aromatic carbocycles. The molecule has 4 aliphatic carbocycles. The smallest absolute Gasteiger partial charge is 0.424 e. The average molecular weight is 1100 g/mol.